The second-order valence-corrected chi connectivity index (χ2v) is 4.79. The fraction of sp³-hybridized carbons (Fsp3) is 0.467. The van der Waals surface area contributed by atoms with E-state index in [1.54, 1.807) is 13.0 Å². The topological polar surface area (TPSA) is 50.7 Å². The number of carbonyl (C=O) groups is 1. The van der Waals surface area contributed by atoms with Crippen LogP contribution in [0.3, 0.4) is 0 Å². The van der Waals surface area contributed by atoms with E-state index in [2.05, 4.69) is 10.3 Å². The SMILES string of the molecule is CCOC(=N[C@H](C)C(C)C)NC(=O)c1ccccc1F. The summed E-state index contributed by atoms with van der Waals surface area (Å²) in [6.45, 7) is 8.15. The zero-order valence-corrected chi connectivity index (χ0v) is 12.3. The number of hydrogen-bond donors (Lipinski definition) is 1. The minimum Gasteiger partial charge on any atom is -0.465 e. The molecular weight excluding hydrogens is 259 g/mol. The summed E-state index contributed by atoms with van der Waals surface area (Å²) >= 11 is 0. The first-order valence-electron chi connectivity index (χ1n) is 6.72. The summed E-state index contributed by atoms with van der Waals surface area (Å²) in [7, 11) is 0. The van der Waals surface area contributed by atoms with Crippen molar-refractivity contribution >= 4 is 11.9 Å². The summed E-state index contributed by atoms with van der Waals surface area (Å²) in [4.78, 5) is 16.3. The molecule has 0 spiro atoms. The molecule has 20 heavy (non-hydrogen) atoms. The zero-order valence-electron chi connectivity index (χ0n) is 12.3. The van der Waals surface area contributed by atoms with Crippen LogP contribution in [0.15, 0.2) is 29.3 Å². The second kappa shape index (κ2) is 7.62. The number of benzene rings is 1. The first-order valence-corrected chi connectivity index (χ1v) is 6.72. The van der Waals surface area contributed by atoms with Crippen LogP contribution < -0.4 is 5.32 Å². The van der Waals surface area contributed by atoms with Gasteiger partial charge in [-0.05, 0) is 31.9 Å². The van der Waals surface area contributed by atoms with Gasteiger partial charge in [-0.3, -0.25) is 10.1 Å². The molecule has 1 aromatic rings. The number of nitrogens with one attached hydrogen (secondary N) is 1. The summed E-state index contributed by atoms with van der Waals surface area (Å²) in [5.74, 6) is -0.820. The van der Waals surface area contributed by atoms with Crippen molar-refractivity contribution in [2.24, 2.45) is 10.9 Å². The summed E-state index contributed by atoms with van der Waals surface area (Å²) in [6, 6.07) is 5.92. The van der Waals surface area contributed by atoms with Crippen LogP contribution in [0.5, 0.6) is 0 Å². The number of rotatable bonds is 4. The number of hydrogen-bond acceptors (Lipinski definition) is 3. The lowest BCUT2D eigenvalue weighted by molar-refractivity contribution is 0.0962. The molecule has 0 fully saturated rings. The van der Waals surface area contributed by atoms with Crippen molar-refractivity contribution in [3.63, 3.8) is 0 Å². The number of ether oxygens (including phenoxy) is 1. The molecule has 0 aliphatic carbocycles. The Morgan fingerprint density at radius 1 is 1.35 bits per heavy atom. The number of aliphatic imine (C=N–C) groups is 1. The first-order chi connectivity index (χ1) is 9.45. The maximum Gasteiger partial charge on any atom is 0.291 e. The van der Waals surface area contributed by atoms with Gasteiger partial charge < -0.3 is 4.74 Å². The van der Waals surface area contributed by atoms with Crippen LogP contribution in [0.1, 0.15) is 38.1 Å². The summed E-state index contributed by atoms with van der Waals surface area (Å²) in [5.41, 5.74) is -0.0305. The van der Waals surface area contributed by atoms with Crippen LogP contribution in [-0.2, 0) is 4.74 Å². The average Bonchev–Trinajstić information content (AvgIpc) is 2.39. The Morgan fingerprint density at radius 2 is 2.00 bits per heavy atom. The Bertz CT molecular complexity index is 487. The van der Waals surface area contributed by atoms with E-state index < -0.39 is 11.7 Å². The van der Waals surface area contributed by atoms with E-state index in [1.165, 1.54) is 18.2 Å². The van der Waals surface area contributed by atoms with Crippen molar-refractivity contribution in [1.29, 1.82) is 0 Å². The number of amidine groups is 1. The quantitative estimate of drug-likeness (QED) is 0.681. The van der Waals surface area contributed by atoms with Gasteiger partial charge in [-0.15, -0.1) is 0 Å². The smallest absolute Gasteiger partial charge is 0.291 e. The number of amides is 1. The molecule has 1 rings (SSSR count). The molecule has 0 radical (unpaired) electrons. The van der Waals surface area contributed by atoms with Crippen molar-refractivity contribution in [3.8, 4) is 0 Å². The molecule has 4 nitrogen and oxygen atoms in total. The van der Waals surface area contributed by atoms with Gasteiger partial charge in [0.1, 0.15) is 5.82 Å². The van der Waals surface area contributed by atoms with Crippen LogP contribution in [-0.4, -0.2) is 24.6 Å². The molecule has 1 aromatic carbocycles. The first kappa shape index (κ1) is 16.1. The van der Waals surface area contributed by atoms with E-state index in [1.807, 2.05) is 20.8 Å². The molecule has 0 bridgehead atoms. The predicted molar refractivity (Wildman–Crippen MR) is 77.2 cm³/mol. The van der Waals surface area contributed by atoms with Crippen molar-refractivity contribution in [2.75, 3.05) is 6.61 Å². The van der Waals surface area contributed by atoms with Crippen molar-refractivity contribution in [3.05, 3.63) is 35.6 Å². The zero-order chi connectivity index (χ0) is 15.1. The lowest BCUT2D eigenvalue weighted by Gasteiger charge is -2.14. The maximum absolute atomic E-state index is 13.5. The third-order valence-electron chi connectivity index (χ3n) is 2.91. The van der Waals surface area contributed by atoms with Gasteiger partial charge in [-0.2, -0.15) is 0 Å². The Hall–Kier alpha value is -1.91. The summed E-state index contributed by atoms with van der Waals surface area (Å²) in [5, 5.41) is 2.51. The lowest BCUT2D eigenvalue weighted by atomic mass is 10.1. The molecule has 0 heterocycles. The molecule has 1 atom stereocenters. The molecule has 1 amide bonds. The average molecular weight is 280 g/mol. The molecule has 0 aromatic heterocycles. The molecule has 0 saturated carbocycles. The number of nitrogens with zero attached hydrogens (tertiary/aromatic N) is 1. The highest BCUT2D eigenvalue weighted by Gasteiger charge is 2.15. The fourth-order valence-corrected chi connectivity index (χ4v) is 1.39. The minimum atomic E-state index is -0.572. The normalized spacial score (nSPS) is 13.2. The Morgan fingerprint density at radius 3 is 2.55 bits per heavy atom. The summed E-state index contributed by atoms with van der Waals surface area (Å²) < 4.78 is 18.8. The minimum absolute atomic E-state index is 0.00234. The number of carbonyl (C=O) groups excluding carboxylic acids is 1. The van der Waals surface area contributed by atoms with Gasteiger partial charge in [0.15, 0.2) is 0 Å². The third kappa shape index (κ3) is 4.64. The van der Waals surface area contributed by atoms with E-state index in [0.29, 0.717) is 12.5 Å². The molecule has 5 heteroatoms. The van der Waals surface area contributed by atoms with Crippen LogP contribution in [0.2, 0.25) is 0 Å². The molecule has 0 saturated heterocycles. The molecule has 0 aliphatic rings. The van der Waals surface area contributed by atoms with E-state index in [9.17, 15) is 9.18 Å². The summed E-state index contributed by atoms with van der Waals surface area (Å²) in [6.07, 6.45) is 0. The van der Waals surface area contributed by atoms with E-state index in [-0.39, 0.29) is 17.6 Å². The van der Waals surface area contributed by atoms with Crippen molar-refractivity contribution in [1.82, 2.24) is 5.32 Å². The largest absolute Gasteiger partial charge is 0.465 e. The van der Waals surface area contributed by atoms with Gasteiger partial charge >= 0.3 is 0 Å². The number of halogens is 1. The molecule has 0 aliphatic heterocycles. The highest BCUT2D eigenvalue weighted by atomic mass is 19.1. The lowest BCUT2D eigenvalue weighted by Crippen LogP contribution is -2.34. The van der Waals surface area contributed by atoms with Crippen LogP contribution in [0.25, 0.3) is 0 Å². The van der Waals surface area contributed by atoms with Gasteiger partial charge in [0.05, 0.1) is 18.2 Å². The maximum atomic E-state index is 13.5. The third-order valence-corrected chi connectivity index (χ3v) is 2.91. The Kier molecular flexibility index (Phi) is 6.15. The monoisotopic (exact) mass is 280 g/mol. The van der Waals surface area contributed by atoms with Crippen LogP contribution >= 0.6 is 0 Å². The van der Waals surface area contributed by atoms with Crippen molar-refractivity contribution in [2.45, 2.75) is 33.7 Å². The van der Waals surface area contributed by atoms with Gasteiger partial charge in [-0.1, -0.05) is 26.0 Å². The van der Waals surface area contributed by atoms with E-state index >= 15 is 0 Å². The molecule has 1 N–H and O–H groups in total. The van der Waals surface area contributed by atoms with E-state index in [4.69, 9.17) is 4.74 Å². The molecule has 0 unspecified atom stereocenters. The highest BCUT2D eigenvalue weighted by molar-refractivity contribution is 6.04. The second-order valence-electron chi connectivity index (χ2n) is 4.79. The van der Waals surface area contributed by atoms with Gasteiger partial charge in [0.2, 0.25) is 0 Å². The predicted octanol–water partition coefficient (Wildman–Crippen LogP) is 2.99. The van der Waals surface area contributed by atoms with Gasteiger partial charge in [0.25, 0.3) is 11.9 Å². The van der Waals surface area contributed by atoms with Crippen LogP contribution in [0, 0.1) is 11.7 Å². The molecular formula is C15H21FN2O2. The highest BCUT2D eigenvalue weighted by Crippen LogP contribution is 2.08. The Balaban J connectivity index is 2.86. The standard InChI is InChI=1S/C15H21FN2O2/c1-5-20-15(17-11(4)10(2)3)18-14(19)12-8-6-7-9-13(12)16/h6-11H,5H2,1-4H3,(H,17,18,19)/t11-/m1/s1. The van der Waals surface area contributed by atoms with Crippen LogP contribution in [0.4, 0.5) is 4.39 Å². The van der Waals surface area contributed by atoms with Gasteiger partial charge in [0, 0.05) is 0 Å². The van der Waals surface area contributed by atoms with Crippen molar-refractivity contribution < 1.29 is 13.9 Å². The molecule has 110 valence electrons. The van der Waals surface area contributed by atoms with Gasteiger partial charge in [-0.25, -0.2) is 9.38 Å². The fourth-order valence-electron chi connectivity index (χ4n) is 1.39. The Labute approximate surface area is 119 Å². The van der Waals surface area contributed by atoms with E-state index in [0.717, 1.165) is 0 Å².